The van der Waals surface area contributed by atoms with E-state index in [-0.39, 0.29) is 0 Å². The van der Waals surface area contributed by atoms with Crippen LogP contribution < -0.4 is 10.2 Å². The highest BCUT2D eigenvalue weighted by atomic mass is 16.3. The molecule has 0 amide bonds. The molecule has 1 aromatic carbocycles. The predicted molar refractivity (Wildman–Crippen MR) is 71.6 cm³/mol. The molecule has 4 heteroatoms. The summed E-state index contributed by atoms with van der Waals surface area (Å²) in [7, 11) is 0. The maximum Gasteiger partial charge on any atom is 0.225 e. The lowest BCUT2D eigenvalue weighted by molar-refractivity contribution is 0.574. The van der Waals surface area contributed by atoms with Crippen LogP contribution in [0, 0.1) is 0 Å². The van der Waals surface area contributed by atoms with Crippen molar-refractivity contribution in [2.24, 2.45) is 0 Å². The van der Waals surface area contributed by atoms with Crippen molar-refractivity contribution in [3.63, 3.8) is 0 Å². The van der Waals surface area contributed by atoms with Crippen molar-refractivity contribution in [2.75, 3.05) is 31.1 Å². The molecule has 0 atom stereocenters. The molecule has 1 saturated heterocycles. The standard InChI is InChI=1S/C14H17N3O/c1-6-15-7-10-17(9-1)13-4-2-12(3-5-13)14-16-8-11-18-14/h2-5,8,11,15H,1,6-7,9-10H2. The van der Waals surface area contributed by atoms with Crippen LogP contribution in [-0.4, -0.2) is 31.2 Å². The summed E-state index contributed by atoms with van der Waals surface area (Å²) in [5.41, 5.74) is 2.30. The molecule has 1 N–H and O–H groups in total. The van der Waals surface area contributed by atoms with Gasteiger partial charge in [-0.25, -0.2) is 4.98 Å². The Balaban J connectivity index is 1.78. The van der Waals surface area contributed by atoms with E-state index in [1.165, 1.54) is 12.1 Å². The Morgan fingerprint density at radius 2 is 2.00 bits per heavy atom. The first kappa shape index (κ1) is 11.3. The third-order valence-electron chi connectivity index (χ3n) is 3.25. The van der Waals surface area contributed by atoms with Gasteiger partial charge in [-0.2, -0.15) is 0 Å². The fourth-order valence-electron chi connectivity index (χ4n) is 2.28. The van der Waals surface area contributed by atoms with Crippen molar-refractivity contribution >= 4 is 5.69 Å². The van der Waals surface area contributed by atoms with Crippen LogP contribution >= 0.6 is 0 Å². The molecule has 1 aromatic heterocycles. The minimum absolute atomic E-state index is 0.680. The van der Waals surface area contributed by atoms with Gasteiger partial charge < -0.3 is 14.6 Å². The number of anilines is 1. The van der Waals surface area contributed by atoms with Gasteiger partial charge in [0.1, 0.15) is 6.26 Å². The number of hydrogen-bond acceptors (Lipinski definition) is 4. The molecule has 1 aliphatic rings. The Bertz CT molecular complexity index is 470. The molecule has 94 valence electrons. The second-order valence-corrected chi connectivity index (χ2v) is 4.47. The predicted octanol–water partition coefficient (Wildman–Crippen LogP) is 2.14. The zero-order chi connectivity index (χ0) is 12.2. The molecule has 2 heterocycles. The van der Waals surface area contributed by atoms with Crippen LogP contribution in [0.1, 0.15) is 6.42 Å². The Hall–Kier alpha value is -1.81. The van der Waals surface area contributed by atoms with Crippen molar-refractivity contribution in [2.45, 2.75) is 6.42 Å². The fourth-order valence-corrected chi connectivity index (χ4v) is 2.28. The summed E-state index contributed by atoms with van der Waals surface area (Å²) >= 11 is 0. The summed E-state index contributed by atoms with van der Waals surface area (Å²) in [6, 6.07) is 8.43. The van der Waals surface area contributed by atoms with Gasteiger partial charge in [0.2, 0.25) is 5.89 Å². The normalized spacial score (nSPS) is 16.6. The van der Waals surface area contributed by atoms with Crippen molar-refractivity contribution in [1.82, 2.24) is 10.3 Å². The highest BCUT2D eigenvalue weighted by molar-refractivity contribution is 5.59. The molecule has 1 aliphatic heterocycles. The fraction of sp³-hybridized carbons (Fsp3) is 0.357. The van der Waals surface area contributed by atoms with Crippen molar-refractivity contribution < 1.29 is 4.42 Å². The van der Waals surface area contributed by atoms with Crippen LogP contribution in [0.4, 0.5) is 5.69 Å². The summed E-state index contributed by atoms with van der Waals surface area (Å²) in [4.78, 5) is 6.57. The molecule has 18 heavy (non-hydrogen) atoms. The lowest BCUT2D eigenvalue weighted by atomic mass is 10.2. The van der Waals surface area contributed by atoms with E-state index in [1.54, 1.807) is 12.5 Å². The number of nitrogens with one attached hydrogen (secondary N) is 1. The first-order valence-corrected chi connectivity index (χ1v) is 6.39. The van der Waals surface area contributed by atoms with Crippen LogP contribution in [0.15, 0.2) is 41.1 Å². The van der Waals surface area contributed by atoms with Crippen LogP contribution in [0.25, 0.3) is 11.5 Å². The Labute approximate surface area is 107 Å². The average molecular weight is 243 g/mol. The molecule has 0 saturated carbocycles. The molecule has 2 aromatic rings. The highest BCUT2D eigenvalue weighted by Gasteiger charge is 2.10. The first-order chi connectivity index (χ1) is 8.93. The highest BCUT2D eigenvalue weighted by Crippen LogP contribution is 2.22. The van der Waals surface area contributed by atoms with Gasteiger partial charge in [-0.1, -0.05) is 0 Å². The summed E-state index contributed by atoms with van der Waals surface area (Å²) in [5.74, 6) is 0.680. The maximum atomic E-state index is 5.29. The zero-order valence-electron chi connectivity index (χ0n) is 10.3. The lowest BCUT2D eigenvalue weighted by Gasteiger charge is -2.22. The molecule has 0 bridgehead atoms. The third kappa shape index (κ3) is 2.38. The van der Waals surface area contributed by atoms with E-state index in [0.717, 1.165) is 31.7 Å². The number of rotatable bonds is 2. The minimum Gasteiger partial charge on any atom is -0.445 e. The topological polar surface area (TPSA) is 41.3 Å². The van der Waals surface area contributed by atoms with E-state index in [9.17, 15) is 0 Å². The molecule has 0 spiro atoms. The average Bonchev–Trinajstić information content (AvgIpc) is 2.82. The SMILES string of the molecule is c1coc(-c2ccc(N3CCCNCC3)cc2)n1. The molecular formula is C14H17N3O. The zero-order valence-corrected chi connectivity index (χ0v) is 10.3. The molecule has 0 aliphatic carbocycles. The van der Waals surface area contributed by atoms with Gasteiger partial charge in [0.15, 0.2) is 0 Å². The summed E-state index contributed by atoms with van der Waals surface area (Å²) < 4.78 is 5.29. The summed E-state index contributed by atoms with van der Waals surface area (Å²) in [6.45, 7) is 4.36. The Morgan fingerprint density at radius 1 is 1.11 bits per heavy atom. The van der Waals surface area contributed by atoms with E-state index >= 15 is 0 Å². The van der Waals surface area contributed by atoms with E-state index in [1.807, 2.05) is 0 Å². The Kier molecular flexibility index (Phi) is 3.28. The van der Waals surface area contributed by atoms with Crippen molar-refractivity contribution in [3.8, 4) is 11.5 Å². The van der Waals surface area contributed by atoms with Crippen LogP contribution in [-0.2, 0) is 0 Å². The summed E-state index contributed by atoms with van der Waals surface area (Å²) in [6.07, 6.45) is 4.47. The summed E-state index contributed by atoms with van der Waals surface area (Å²) in [5, 5.41) is 3.41. The molecule has 0 unspecified atom stereocenters. The van der Waals surface area contributed by atoms with E-state index in [2.05, 4.69) is 39.5 Å². The van der Waals surface area contributed by atoms with Gasteiger partial charge in [-0.05, 0) is 37.2 Å². The van der Waals surface area contributed by atoms with Crippen LogP contribution in [0.5, 0.6) is 0 Å². The Morgan fingerprint density at radius 3 is 2.78 bits per heavy atom. The van der Waals surface area contributed by atoms with Crippen molar-refractivity contribution in [1.29, 1.82) is 0 Å². The van der Waals surface area contributed by atoms with Gasteiger partial charge in [-0.3, -0.25) is 0 Å². The van der Waals surface area contributed by atoms with Crippen LogP contribution in [0.2, 0.25) is 0 Å². The van der Waals surface area contributed by atoms with Gasteiger partial charge in [0.05, 0.1) is 6.20 Å². The number of benzene rings is 1. The first-order valence-electron chi connectivity index (χ1n) is 6.39. The quantitative estimate of drug-likeness (QED) is 0.877. The van der Waals surface area contributed by atoms with Crippen LogP contribution in [0.3, 0.4) is 0 Å². The second kappa shape index (κ2) is 5.23. The molecule has 4 nitrogen and oxygen atoms in total. The number of oxazole rings is 1. The van der Waals surface area contributed by atoms with E-state index < -0.39 is 0 Å². The van der Waals surface area contributed by atoms with Gasteiger partial charge in [-0.15, -0.1) is 0 Å². The minimum atomic E-state index is 0.680. The second-order valence-electron chi connectivity index (χ2n) is 4.47. The maximum absolute atomic E-state index is 5.29. The number of hydrogen-bond donors (Lipinski definition) is 1. The largest absolute Gasteiger partial charge is 0.445 e. The molecular weight excluding hydrogens is 226 g/mol. The van der Waals surface area contributed by atoms with E-state index in [0.29, 0.717) is 5.89 Å². The van der Waals surface area contributed by atoms with Gasteiger partial charge >= 0.3 is 0 Å². The van der Waals surface area contributed by atoms with Gasteiger partial charge in [0.25, 0.3) is 0 Å². The smallest absolute Gasteiger partial charge is 0.225 e. The molecule has 1 fully saturated rings. The molecule has 3 rings (SSSR count). The lowest BCUT2D eigenvalue weighted by Crippen LogP contribution is -2.27. The molecule has 0 radical (unpaired) electrons. The van der Waals surface area contributed by atoms with E-state index in [4.69, 9.17) is 4.42 Å². The monoisotopic (exact) mass is 243 g/mol. The van der Waals surface area contributed by atoms with Crippen molar-refractivity contribution in [3.05, 3.63) is 36.7 Å². The number of nitrogens with zero attached hydrogens (tertiary/aromatic N) is 2. The third-order valence-corrected chi connectivity index (χ3v) is 3.25. The number of aromatic nitrogens is 1. The van der Waals surface area contributed by atoms with Gasteiger partial charge in [0, 0.05) is 30.9 Å².